The van der Waals surface area contributed by atoms with Crippen molar-refractivity contribution in [2.75, 3.05) is 32.4 Å². The second-order valence-electron chi connectivity index (χ2n) is 6.13. The topological polar surface area (TPSA) is 73.8 Å². The number of sulfonamides is 1. The minimum Gasteiger partial charge on any atom is -0.357 e. The molecule has 0 saturated heterocycles. The van der Waals surface area contributed by atoms with Gasteiger partial charge >= 0.3 is 0 Å². The molecule has 0 aliphatic carbocycles. The fourth-order valence-electron chi connectivity index (χ4n) is 2.40. The monoisotopic (exact) mass is 496 g/mol. The van der Waals surface area contributed by atoms with Crippen LogP contribution >= 0.6 is 24.0 Å². The molecule has 1 rings (SSSR count). The molecular formula is C18H33IN4O2S. The van der Waals surface area contributed by atoms with Crippen molar-refractivity contribution in [3.63, 3.8) is 0 Å². The molecule has 0 amide bonds. The first-order chi connectivity index (χ1) is 11.8. The number of nitrogens with one attached hydrogen (secondary N) is 2. The Morgan fingerprint density at radius 3 is 2.46 bits per heavy atom. The van der Waals surface area contributed by atoms with Crippen LogP contribution in [0.3, 0.4) is 0 Å². The predicted molar refractivity (Wildman–Crippen MR) is 121 cm³/mol. The number of halogens is 1. The molecule has 6 nitrogen and oxygen atoms in total. The maximum atomic E-state index is 11.7. The van der Waals surface area contributed by atoms with Gasteiger partial charge in [-0.1, -0.05) is 23.8 Å². The number of hydrogen-bond acceptors (Lipinski definition) is 3. The van der Waals surface area contributed by atoms with Crippen LogP contribution < -0.4 is 10.6 Å². The summed E-state index contributed by atoms with van der Waals surface area (Å²) in [7, 11) is -1.48. The normalized spacial score (nSPS) is 12.0. The third kappa shape index (κ3) is 8.68. The highest BCUT2D eigenvalue weighted by molar-refractivity contribution is 14.0. The van der Waals surface area contributed by atoms with E-state index < -0.39 is 10.0 Å². The van der Waals surface area contributed by atoms with Gasteiger partial charge in [0.05, 0.1) is 12.3 Å². The SMILES string of the molecule is CCNC(=NCc1ccc(C)cc1C)NCCCN(C)S(=O)(=O)CC.I. The van der Waals surface area contributed by atoms with E-state index in [1.54, 1.807) is 14.0 Å². The first kappa shape index (κ1) is 25.1. The second kappa shape index (κ2) is 12.5. The molecule has 0 unspecified atom stereocenters. The van der Waals surface area contributed by atoms with E-state index in [1.165, 1.54) is 21.0 Å². The third-order valence-corrected chi connectivity index (χ3v) is 5.89. The molecule has 0 heterocycles. The molecular weight excluding hydrogens is 463 g/mol. The molecule has 26 heavy (non-hydrogen) atoms. The molecule has 2 N–H and O–H groups in total. The van der Waals surface area contributed by atoms with Crippen LogP contribution in [0.25, 0.3) is 0 Å². The van der Waals surface area contributed by atoms with E-state index >= 15 is 0 Å². The van der Waals surface area contributed by atoms with E-state index in [2.05, 4.69) is 47.7 Å². The fraction of sp³-hybridized carbons (Fsp3) is 0.611. The van der Waals surface area contributed by atoms with Crippen molar-refractivity contribution in [2.24, 2.45) is 4.99 Å². The highest BCUT2D eigenvalue weighted by atomic mass is 127. The average Bonchev–Trinajstić information content (AvgIpc) is 2.57. The Labute approximate surface area is 175 Å². The Morgan fingerprint density at radius 1 is 1.19 bits per heavy atom. The summed E-state index contributed by atoms with van der Waals surface area (Å²) in [4.78, 5) is 4.62. The summed E-state index contributed by atoms with van der Waals surface area (Å²) in [6.07, 6.45) is 0.726. The number of rotatable bonds is 9. The van der Waals surface area contributed by atoms with Crippen molar-refractivity contribution in [3.05, 3.63) is 34.9 Å². The number of aryl methyl sites for hydroxylation is 2. The Hall–Kier alpha value is -0.870. The molecule has 1 aromatic rings. The summed E-state index contributed by atoms with van der Waals surface area (Å²) >= 11 is 0. The van der Waals surface area contributed by atoms with Crippen LogP contribution in [0.5, 0.6) is 0 Å². The fourth-order valence-corrected chi connectivity index (χ4v) is 3.25. The molecule has 0 spiro atoms. The minimum atomic E-state index is -3.10. The highest BCUT2D eigenvalue weighted by Gasteiger charge is 2.13. The van der Waals surface area contributed by atoms with Crippen molar-refractivity contribution in [1.29, 1.82) is 0 Å². The van der Waals surface area contributed by atoms with Crippen molar-refractivity contribution < 1.29 is 8.42 Å². The van der Waals surface area contributed by atoms with E-state index in [-0.39, 0.29) is 29.7 Å². The quantitative estimate of drug-likeness (QED) is 0.239. The van der Waals surface area contributed by atoms with Crippen molar-refractivity contribution in [3.8, 4) is 0 Å². The second-order valence-corrected chi connectivity index (χ2v) is 8.49. The smallest absolute Gasteiger partial charge is 0.213 e. The molecule has 0 radical (unpaired) electrons. The summed E-state index contributed by atoms with van der Waals surface area (Å²) in [5.74, 6) is 0.889. The summed E-state index contributed by atoms with van der Waals surface area (Å²) in [5, 5.41) is 6.48. The molecule has 0 aromatic heterocycles. The van der Waals surface area contributed by atoms with Gasteiger partial charge in [-0.2, -0.15) is 0 Å². The molecule has 0 fully saturated rings. The van der Waals surface area contributed by atoms with Gasteiger partial charge < -0.3 is 10.6 Å². The Kier molecular flexibility index (Phi) is 12.1. The number of nitrogens with zero attached hydrogens (tertiary/aromatic N) is 2. The van der Waals surface area contributed by atoms with Crippen LogP contribution in [0.1, 0.15) is 37.0 Å². The molecule has 0 aliphatic rings. The Morgan fingerprint density at radius 2 is 1.88 bits per heavy atom. The van der Waals surface area contributed by atoms with Crippen LogP contribution in [-0.2, 0) is 16.6 Å². The summed E-state index contributed by atoms with van der Waals surface area (Å²) in [6, 6.07) is 6.37. The number of benzene rings is 1. The van der Waals surface area contributed by atoms with Gasteiger partial charge in [-0.25, -0.2) is 17.7 Å². The number of hydrogen-bond donors (Lipinski definition) is 2. The van der Waals surface area contributed by atoms with Crippen molar-refractivity contribution in [2.45, 2.75) is 40.7 Å². The predicted octanol–water partition coefficient (Wildman–Crippen LogP) is 2.65. The summed E-state index contributed by atoms with van der Waals surface area (Å²) in [5.41, 5.74) is 3.70. The number of guanidine groups is 1. The van der Waals surface area contributed by atoms with Gasteiger partial charge in [0.15, 0.2) is 5.96 Å². The van der Waals surface area contributed by atoms with Crippen molar-refractivity contribution >= 4 is 40.0 Å². The maximum absolute atomic E-state index is 11.7. The van der Waals surface area contributed by atoms with Crippen LogP contribution in [0.15, 0.2) is 23.2 Å². The zero-order valence-electron chi connectivity index (χ0n) is 16.5. The lowest BCUT2D eigenvalue weighted by Gasteiger charge is -2.17. The van der Waals surface area contributed by atoms with Crippen LogP contribution in [0.4, 0.5) is 0 Å². The highest BCUT2D eigenvalue weighted by Crippen LogP contribution is 2.11. The Bertz CT molecular complexity index is 678. The average molecular weight is 496 g/mol. The van der Waals surface area contributed by atoms with Gasteiger partial charge in [0.2, 0.25) is 10.0 Å². The van der Waals surface area contributed by atoms with Gasteiger partial charge in [0, 0.05) is 26.7 Å². The maximum Gasteiger partial charge on any atom is 0.213 e. The van der Waals surface area contributed by atoms with E-state index in [0.29, 0.717) is 19.6 Å². The first-order valence-corrected chi connectivity index (χ1v) is 10.4. The van der Waals surface area contributed by atoms with E-state index in [4.69, 9.17) is 0 Å². The minimum absolute atomic E-state index is 0. The van der Waals surface area contributed by atoms with E-state index in [0.717, 1.165) is 18.9 Å². The summed E-state index contributed by atoms with van der Waals surface area (Å²) < 4.78 is 24.8. The van der Waals surface area contributed by atoms with Crippen LogP contribution in [0, 0.1) is 13.8 Å². The van der Waals surface area contributed by atoms with Gasteiger partial charge in [-0.15, -0.1) is 24.0 Å². The lowest BCUT2D eigenvalue weighted by Crippen LogP contribution is -2.39. The lowest BCUT2D eigenvalue weighted by molar-refractivity contribution is 0.461. The van der Waals surface area contributed by atoms with Crippen molar-refractivity contribution in [1.82, 2.24) is 14.9 Å². The molecule has 0 atom stereocenters. The van der Waals surface area contributed by atoms with Gasteiger partial charge in [-0.3, -0.25) is 0 Å². The largest absolute Gasteiger partial charge is 0.357 e. The van der Waals surface area contributed by atoms with Crippen LogP contribution in [-0.4, -0.2) is 51.1 Å². The molecule has 0 aliphatic heterocycles. The third-order valence-electron chi connectivity index (χ3n) is 4.03. The molecule has 1 aromatic carbocycles. The zero-order chi connectivity index (χ0) is 18.9. The van der Waals surface area contributed by atoms with Gasteiger partial charge in [0.1, 0.15) is 0 Å². The van der Waals surface area contributed by atoms with E-state index in [1.807, 2.05) is 6.92 Å². The Balaban J connectivity index is 0.00000625. The molecule has 150 valence electrons. The van der Waals surface area contributed by atoms with Gasteiger partial charge in [-0.05, 0) is 45.2 Å². The number of aliphatic imine (C=N–C) groups is 1. The first-order valence-electron chi connectivity index (χ1n) is 8.82. The van der Waals surface area contributed by atoms with Crippen LogP contribution in [0.2, 0.25) is 0 Å². The molecule has 0 bridgehead atoms. The van der Waals surface area contributed by atoms with E-state index in [9.17, 15) is 8.42 Å². The summed E-state index contributed by atoms with van der Waals surface area (Å²) in [6.45, 7) is 10.4. The molecule has 8 heteroatoms. The lowest BCUT2D eigenvalue weighted by atomic mass is 10.1. The zero-order valence-corrected chi connectivity index (χ0v) is 19.6. The molecule has 0 saturated carbocycles. The standard InChI is InChI=1S/C18H32N4O2S.HI/c1-6-19-18(20-11-8-12-22(5)25(23,24)7-2)21-14-17-10-9-15(3)13-16(17)4;/h9-10,13H,6-8,11-12,14H2,1-5H3,(H2,19,20,21);1H. The van der Waals surface area contributed by atoms with Gasteiger partial charge in [0.25, 0.3) is 0 Å².